The van der Waals surface area contributed by atoms with Gasteiger partial charge in [0.05, 0.1) is 19.8 Å². The highest BCUT2D eigenvalue weighted by molar-refractivity contribution is 5.76. The smallest absolute Gasteiger partial charge is 0.223 e. The molecule has 0 unspecified atom stereocenters. The molecule has 0 radical (unpaired) electrons. The van der Waals surface area contributed by atoms with Gasteiger partial charge in [-0.05, 0) is 50.0 Å². The second kappa shape index (κ2) is 8.25. The molecule has 0 saturated carbocycles. The van der Waals surface area contributed by atoms with E-state index < -0.39 is 5.60 Å². The first kappa shape index (κ1) is 18.3. The number of benzene rings is 1. The number of rotatable bonds is 5. The molecule has 2 aliphatic rings. The molecule has 3 rings (SSSR count). The van der Waals surface area contributed by atoms with Crippen LogP contribution in [-0.4, -0.2) is 72.4 Å². The zero-order chi connectivity index (χ0) is 17.7. The Morgan fingerprint density at radius 1 is 1.28 bits per heavy atom. The third-order valence-electron chi connectivity index (χ3n) is 4.95. The summed E-state index contributed by atoms with van der Waals surface area (Å²) in [5.74, 6) is -0.303. The average Bonchev–Trinajstić information content (AvgIpc) is 3.00. The summed E-state index contributed by atoms with van der Waals surface area (Å²) >= 11 is 0. The molecule has 0 aliphatic carbocycles. The maximum absolute atomic E-state index is 13.2. The quantitative estimate of drug-likeness (QED) is 0.873. The zero-order valence-corrected chi connectivity index (χ0v) is 14.6. The van der Waals surface area contributed by atoms with Gasteiger partial charge in [-0.2, -0.15) is 0 Å². The van der Waals surface area contributed by atoms with Crippen LogP contribution in [0.2, 0.25) is 0 Å². The normalized spacial score (nSPS) is 25.1. The Morgan fingerprint density at radius 2 is 2.08 bits per heavy atom. The van der Waals surface area contributed by atoms with E-state index >= 15 is 0 Å². The summed E-state index contributed by atoms with van der Waals surface area (Å²) in [6.07, 6.45) is 3.13. The van der Waals surface area contributed by atoms with Crippen molar-refractivity contribution in [3.8, 4) is 0 Å². The molecule has 2 heterocycles. The van der Waals surface area contributed by atoms with Gasteiger partial charge in [-0.25, -0.2) is 4.39 Å². The largest absolute Gasteiger partial charge is 0.384 e. The van der Waals surface area contributed by atoms with Gasteiger partial charge in [-0.15, -0.1) is 0 Å². The molecule has 1 N–H and O–H groups in total. The van der Waals surface area contributed by atoms with Crippen molar-refractivity contribution in [2.75, 3.05) is 45.9 Å². The van der Waals surface area contributed by atoms with E-state index in [2.05, 4.69) is 4.90 Å². The Labute approximate surface area is 148 Å². The first-order valence-electron chi connectivity index (χ1n) is 9.09. The fraction of sp³-hybridized carbons (Fsp3) is 0.632. The number of likely N-dealkylation sites (tertiary alicyclic amines) is 1. The van der Waals surface area contributed by atoms with Crippen LogP contribution in [0.3, 0.4) is 0 Å². The Balaban J connectivity index is 1.56. The molecule has 1 atom stereocenters. The standard InChI is InChI=1S/C19H27FN2O3/c20-17-5-3-4-16(12-17)6-7-18(23)22-10-11-25-15-19(24,14-22)13-21-8-1-2-9-21/h3-5,12,24H,1-2,6-11,13-15H2/t19-/m0/s1. The third kappa shape index (κ3) is 5.23. The lowest BCUT2D eigenvalue weighted by molar-refractivity contribution is -0.134. The van der Waals surface area contributed by atoms with Gasteiger partial charge in [0.15, 0.2) is 0 Å². The molecule has 6 heteroatoms. The van der Waals surface area contributed by atoms with Crippen LogP contribution >= 0.6 is 0 Å². The summed E-state index contributed by atoms with van der Waals surface area (Å²) in [7, 11) is 0. The lowest BCUT2D eigenvalue weighted by atomic mass is 10.0. The number of aliphatic hydroxyl groups is 1. The number of hydrogen-bond donors (Lipinski definition) is 1. The van der Waals surface area contributed by atoms with Gasteiger partial charge >= 0.3 is 0 Å². The number of carbonyl (C=O) groups is 1. The molecule has 25 heavy (non-hydrogen) atoms. The van der Waals surface area contributed by atoms with Crippen molar-refractivity contribution in [2.45, 2.75) is 31.3 Å². The maximum atomic E-state index is 13.2. The van der Waals surface area contributed by atoms with Crippen molar-refractivity contribution in [1.29, 1.82) is 0 Å². The Morgan fingerprint density at radius 3 is 2.84 bits per heavy atom. The van der Waals surface area contributed by atoms with Crippen molar-refractivity contribution >= 4 is 5.91 Å². The van der Waals surface area contributed by atoms with E-state index in [0.717, 1.165) is 31.5 Å². The monoisotopic (exact) mass is 350 g/mol. The molecule has 0 spiro atoms. The highest BCUT2D eigenvalue weighted by Crippen LogP contribution is 2.19. The first-order chi connectivity index (χ1) is 12.0. The van der Waals surface area contributed by atoms with Crippen molar-refractivity contribution in [2.24, 2.45) is 0 Å². The fourth-order valence-corrected chi connectivity index (χ4v) is 3.68. The lowest BCUT2D eigenvalue weighted by Gasteiger charge is -2.34. The van der Waals surface area contributed by atoms with Crippen molar-refractivity contribution in [3.63, 3.8) is 0 Å². The molecule has 2 fully saturated rings. The van der Waals surface area contributed by atoms with E-state index in [1.807, 2.05) is 6.07 Å². The number of hydrogen-bond acceptors (Lipinski definition) is 4. The summed E-state index contributed by atoms with van der Waals surface area (Å²) in [5, 5.41) is 10.9. The van der Waals surface area contributed by atoms with E-state index in [1.165, 1.54) is 12.1 Å². The van der Waals surface area contributed by atoms with Crippen molar-refractivity contribution in [1.82, 2.24) is 9.80 Å². The van der Waals surface area contributed by atoms with Crippen LogP contribution in [0, 0.1) is 5.82 Å². The third-order valence-corrected chi connectivity index (χ3v) is 4.95. The van der Waals surface area contributed by atoms with E-state index in [0.29, 0.717) is 39.1 Å². The minimum Gasteiger partial charge on any atom is -0.384 e. The number of nitrogens with zero attached hydrogens (tertiary/aromatic N) is 2. The average molecular weight is 350 g/mol. The number of β-amino-alcohol motifs (C(OH)–C–C–N with tert-alkyl or cyclic N) is 1. The van der Waals surface area contributed by atoms with Crippen LogP contribution < -0.4 is 0 Å². The molecule has 1 amide bonds. The molecule has 0 bridgehead atoms. The summed E-state index contributed by atoms with van der Waals surface area (Å²) in [6.45, 7) is 4.02. The maximum Gasteiger partial charge on any atom is 0.223 e. The van der Waals surface area contributed by atoms with Gasteiger partial charge in [0.2, 0.25) is 5.91 Å². The highest BCUT2D eigenvalue weighted by Gasteiger charge is 2.36. The fourth-order valence-electron chi connectivity index (χ4n) is 3.68. The minimum absolute atomic E-state index is 0.0189. The predicted octanol–water partition coefficient (Wildman–Crippen LogP) is 1.44. The van der Waals surface area contributed by atoms with E-state index in [9.17, 15) is 14.3 Å². The first-order valence-corrected chi connectivity index (χ1v) is 9.09. The van der Waals surface area contributed by atoms with E-state index in [1.54, 1.807) is 11.0 Å². The van der Waals surface area contributed by atoms with Crippen LogP contribution in [0.4, 0.5) is 4.39 Å². The lowest BCUT2D eigenvalue weighted by Crippen LogP contribution is -2.53. The van der Waals surface area contributed by atoms with Gasteiger partial charge in [0.1, 0.15) is 11.4 Å². The van der Waals surface area contributed by atoms with E-state index in [4.69, 9.17) is 4.74 Å². The molecular weight excluding hydrogens is 323 g/mol. The Hall–Kier alpha value is -1.50. The predicted molar refractivity (Wildman–Crippen MR) is 92.7 cm³/mol. The van der Waals surface area contributed by atoms with Gasteiger partial charge in [-0.1, -0.05) is 12.1 Å². The summed E-state index contributed by atoms with van der Waals surface area (Å²) in [4.78, 5) is 16.5. The van der Waals surface area contributed by atoms with Gasteiger partial charge in [-0.3, -0.25) is 4.79 Å². The topological polar surface area (TPSA) is 53.0 Å². The summed E-state index contributed by atoms with van der Waals surface area (Å²) in [5.41, 5.74) is -0.207. The van der Waals surface area contributed by atoms with Crippen LogP contribution in [0.1, 0.15) is 24.8 Å². The van der Waals surface area contributed by atoms with E-state index in [-0.39, 0.29) is 18.3 Å². The van der Waals surface area contributed by atoms with Crippen LogP contribution in [0.15, 0.2) is 24.3 Å². The number of halogens is 1. The molecular formula is C19H27FN2O3. The highest BCUT2D eigenvalue weighted by atomic mass is 19.1. The summed E-state index contributed by atoms with van der Waals surface area (Å²) < 4.78 is 18.8. The van der Waals surface area contributed by atoms with Gasteiger partial charge < -0.3 is 19.6 Å². The Kier molecular flexibility index (Phi) is 6.04. The number of ether oxygens (including phenoxy) is 1. The van der Waals surface area contributed by atoms with Crippen LogP contribution in [-0.2, 0) is 16.0 Å². The number of aryl methyl sites for hydroxylation is 1. The summed E-state index contributed by atoms with van der Waals surface area (Å²) in [6, 6.07) is 6.34. The minimum atomic E-state index is -1.02. The van der Waals surface area contributed by atoms with Gasteiger partial charge in [0, 0.05) is 19.5 Å². The molecule has 1 aromatic carbocycles. The van der Waals surface area contributed by atoms with Gasteiger partial charge in [0.25, 0.3) is 0 Å². The molecule has 5 nitrogen and oxygen atoms in total. The van der Waals surface area contributed by atoms with Crippen LogP contribution in [0.5, 0.6) is 0 Å². The second-order valence-electron chi connectivity index (χ2n) is 7.21. The van der Waals surface area contributed by atoms with Crippen molar-refractivity contribution in [3.05, 3.63) is 35.6 Å². The number of carbonyl (C=O) groups excluding carboxylic acids is 1. The second-order valence-corrected chi connectivity index (χ2v) is 7.21. The zero-order valence-electron chi connectivity index (χ0n) is 14.6. The molecule has 1 aromatic rings. The molecule has 2 saturated heterocycles. The molecule has 138 valence electrons. The molecule has 2 aliphatic heterocycles. The Bertz CT molecular complexity index is 592. The molecule has 0 aromatic heterocycles. The SMILES string of the molecule is O=C(CCc1cccc(F)c1)N1CCOC[C@](O)(CN2CCCC2)C1. The van der Waals surface area contributed by atoms with Crippen molar-refractivity contribution < 1.29 is 19.0 Å². The number of amides is 1. The van der Waals surface area contributed by atoms with Crippen LogP contribution in [0.25, 0.3) is 0 Å².